The smallest absolute Gasteiger partial charge is 0.308 e. The van der Waals surface area contributed by atoms with Gasteiger partial charge in [0.15, 0.2) is 0 Å². The first-order valence-corrected chi connectivity index (χ1v) is 8.76. The fraction of sp³-hybridized carbons (Fsp3) is 0.632. The normalized spacial score (nSPS) is 24.9. The van der Waals surface area contributed by atoms with Crippen LogP contribution in [-0.2, 0) is 9.53 Å². The van der Waals surface area contributed by atoms with Gasteiger partial charge in [-0.3, -0.25) is 4.79 Å². The molecule has 0 spiro atoms. The Balaban J connectivity index is 1.56. The molecule has 4 heteroatoms. The van der Waals surface area contributed by atoms with Gasteiger partial charge < -0.3 is 15.0 Å². The summed E-state index contributed by atoms with van der Waals surface area (Å²) in [5.41, 5.74) is 3.85. The van der Waals surface area contributed by atoms with Crippen molar-refractivity contribution in [2.24, 2.45) is 11.8 Å². The molecule has 2 fully saturated rings. The molecule has 1 aliphatic heterocycles. The number of hydrogen-bond donors (Lipinski definition) is 1. The Bertz CT molecular complexity index is 558. The molecule has 0 amide bonds. The number of nitrogens with zero attached hydrogens (tertiary/aromatic N) is 1. The zero-order chi connectivity index (χ0) is 16.4. The maximum atomic E-state index is 11.4. The molecular formula is C19H28N2O2. The molecule has 1 saturated heterocycles. The number of piperidine rings is 1. The third-order valence-corrected chi connectivity index (χ3v) is 5.36. The van der Waals surface area contributed by atoms with Gasteiger partial charge in [0.05, 0.1) is 13.0 Å². The maximum Gasteiger partial charge on any atom is 0.308 e. The number of carbonyl (C=O) groups is 1. The van der Waals surface area contributed by atoms with Gasteiger partial charge in [-0.25, -0.2) is 0 Å². The molecule has 1 N–H and O–H groups in total. The highest BCUT2D eigenvalue weighted by Crippen LogP contribution is 2.33. The third-order valence-electron chi connectivity index (χ3n) is 5.36. The summed E-state index contributed by atoms with van der Waals surface area (Å²) in [5.74, 6) is 0.857. The summed E-state index contributed by atoms with van der Waals surface area (Å²) in [5, 5.41) is 3.54. The first-order chi connectivity index (χ1) is 11.1. The molecule has 3 rings (SSSR count). The molecule has 23 heavy (non-hydrogen) atoms. The molecule has 0 aromatic heterocycles. The Morgan fingerprint density at radius 2 is 1.96 bits per heavy atom. The zero-order valence-corrected chi connectivity index (χ0v) is 14.5. The lowest BCUT2D eigenvalue weighted by Crippen LogP contribution is -2.40. The Morgan fingerprint density at radius 1 is 1.26 bits per heavy atom. The van der Waals surface area contributed by atoms with E-state index in [9.17, 15) is 4.79 Å². The van der Waals surface area contributed by atoms with Crippen molar-refractivity contribution in [1.29, 1.82) is 0 Å². The number of benzene rings is 1. The summed E-state index contributed by atoms with van der Waals surface area (Å²) < 4.78 is 4.79. The van der Waals surface area contributed by atoms with Gasteiger partial charge >= 0.3 is 5.97 Å². The Hall–Kier alpha value is -1.71. The van der Waals surface area contributed by atoms with E-state index in [1.807, 2.05) is 0 Å². The maximum absolute atomic E-state index is 11.4. The largest absolute Gasteiger partial charge is 0.469 e. The molecule has 2 aliphatic rings. The number of esters is 1. The quantitative estimate of drug-likeness (QED) is 0.862. The van der Waals surface area contributed by atoms with E-state index in [1.165, 1.54) is 31.2 Å². The first kappa shape index (κ1) is 16.2. The van der Waals surface area contributed by atoms with Gasteiger partial charge in [-0.2, -0.15) is 0 Å². The van der Waals surface area contributed by atoms with Crippen LogP contribution < -0.4 is 10.2 Å². The molecule has 1 heterocycles. The number of hydrogen-bond acceptors (Lipinski definition) is 4. The number of rotatable bonds is 4. The van der Waals surface area contributed by atoms with E-state index in [0.29, 0.717) is 6.04 Å². The molecule has 126 valence electrons. The molecule has 1 saturated carbocycles. The number of methoxy groups -OCH3 is 1. The van der Waals surface area contributed by atoms with Crippen LogP contribution in [0.5, 0.6) is 0 Å². The van der Waals surface area contributed by atoms with Crippen molar-refractivity contribution in [3.05, 3.63) is 23.8 Å². The lowest BCUT2D eigenvalue weighted by atomic mass is 9.80. The van der Waals surface area contributed by atoms with Crippen LogP contribution in [0.15, 0.2) is 18.2 Å². The summed E-state index contributed by atoms with van der Waals surface area (Å²) in [6, 6.07) is 7.04. The van der Waals surface area contributed by atoms with Crippen molar-refractivity contribution in [1.82, 2.24) is 0 Å². The molecule has 4 nitrogen and oxygen atoms in total. The molecular weight excluding hydrogens is 288 g/mol. The van der Waals surface area contributed by atoms with Crippen LogP contribution in [0.4, 0.5) is 11.4 Å². The number of ether oxygens (including phenoxy) is 1. The van der Waals surface area contributed by atoms with Crippen LogP contribution in [0.2, 0.25) is 0 Å². The topological polar surface area (TPSA) is 41.6 Å². The van der Waals surface area contributed by atoms with Crippen molar-refractivity contribution in [2.75, 3.05) is 30.4 Å². The van der Waals surface area contributed by atoms with Crippen molar-refractivity contribution in [3.63, 3.8) is 0 Å². The van der Waals surface area contributed by atoms with Gasteiger partial charge in [-0.15, -0.1) is 0 Å². The first-order valence-electron chi connectivity index (χ1n) is 8.76. The predicted octanol–water partition coefficient (Wildman–Crippen LogP) is 3.59. The van der Waals surface area contributed by atoms with E-state index < -0.39 is 0 Å². The molecule has 0 unspecified atom stereocenters. The molecule has 1 aromatic rings. The molecule has 1 aliphatic carbocycles. The average molecular weight is 316 g/mol. The highest BCUT2D eigenvalue weighted by Gasteiger charge is 2.35. The van der Waals surface area contributed by atoms with E-state index in [-0.39, 0.29) is 11.9 Å². The van der Waals surface area contributed by atoms with Crippen LogP contribution in [0, 0.1) is 18.8 Å². The van der Waals surface area contributed by atoms with Crippen LogP contribution >= 0.6 is 0 Å². The highest BCUT2D eigenvalue weighted by molar-refractivity contribution is 5.74. The van der Waals surface area contributed by atoms with Crippen LogP contribution in [0.25, 0.3) is 0 Å². The zero-order valence-electron chi connectivity index (χ0n) is 14.5. The Morgan fingerprint density at radius 3 is 2.57 bits per heavy atom. The second-order valence-corrected chi connectivity index (χ2v) is 7.20. The molecule has 1 aromatic carbocycles. The monoisotopic (exact) mass is 316 g/mol. The molecule has 0 radical (unpaired) electrons. The van der Waals surface area contributed by atoms with Gasteiger partial charge in [-0.05, 0) is 62.3 Å². The van der Waals surface area contributed by atoms with Crippen LogP contribution in [0.1, 0.15) is 38.2 Å². The minimum absolute atomic E-state index is 0.0751. The van der Waals surface area contributed by atoms with Crippen molar-refractivity contribution < 1.29 is 9.53 Å². The lowest BCUT2D eigenvalue weighted by Gasteiger charge is -2.35. The SMILES string of the molecule is COC(=O)C1CC(Nc2ccc(N3CCC(C)CC3)c(C)c2)C1. The number of carbonyl (C=O) groups excluding carboxylic acids is 1. The Kier molecular flexibility index (Phi) is 4.79. The Labute approximate surface area is 139 Å². The van der Waals surface area contributed by atoms with Gasteiger partial charge in [0, 0.05) is 30.5 Å². The van der Waals surface area contributed by atoms with Crippen molar-refractivity contribution >= 4 is 17.3 Å². The van der Waals surface area contributed by atoms with E-state index in [1.54, 1.807) is 0 Å². The summed E-state index contributed by atoms with van der Waals surface area (Å²) in [7, 11) is 1.46. The minimum atomic E-state index is -0.0751. The van der Waals surface area contributed by atoms with E-state index >= 15 is 0 Å². The van der Waals surface area contributed by atoms with Crippen LogP contribution in [-0.4, -0.2) is 32.2 Å². The van der Waals surface area contributed by atoms with Gasteiger partial charge in [0.1, 0.15) is 0 Å². The van der Waals surface area contributed by atoms with Gasteiger partial charge in [0.2, 0.25) is 0 Å². The highest BCUT2D eigenvalue weighted by atomic mass is 16.5. The summed E-state index contributed by atoms with van der Waals surface area (Å²) in [6.07, 6.45) is 4.32. The number of anilines is 2. The fourth-order valence-electron chi connectivity index (χ4n) is 3.68. The average Bonchev–Trinajstić information content (AvgIpc) is 2.51. The summed E-state index contributed by atoms with van der Waals surface area (Å²) >= 11 is 0. The van der Waals surface area contributed by atoms with E-state index in [2.05, 4.69) is 42.3 Å². The van der Waals surface area contributed by atoms with E-state index in [0.717, 1.165) is 37.5 Å². The van der Waals surface area contributed by atoms with E-state index in [4.69, 9.17) is 4.74 Å². The standard InChI is InChI=1S/C19H28N2O2/c1-13-6-8-21(9-7-13)18-5-4-16(10-14(18)2)20-17-11-15(12-17)19(22)23-3/h4-5,10,13,15,17,20H,6-9,11-12H2,1-3H3. The number of nitrogens with one attached hydrogen (secondary N) is 1. The second kappa shape index (κ2) is 6.81. The molecule has 0 atom stereocenters. The fourth-order valence-corrected chi connectivity index (χ4v) is 3.68. The van der Waals surface area contributed by atoms with Crippen molar-refractivity contribution in [2.45, 2.75) is 45.6 Å². The minimum Gasteiger partial charge on any atom is -0.469 e. The molecule has 0 bridgehead atoms. The van der Waals surface area contributed by atoms with Crippen LogP contribution in [0.3, 0.4) is 0 Å². The predicted molar refractivity (Wildman–Crippen MR) is 93.9 cm³/mol. The third kappa shape index (κ3) is 3.62. The van der Waals surface area contributed by atoms with Crippen molar-refractivity contribution in [3.8, 4) is 0 Å². The summed E-state index contributed by atoms with van der Waals surface area (Å²) in [4.78, 5) is 13.9. The van der Waals surface area contributed by atoms with Gasteiger partial charge in [0.25, 0.3) is 0 Å². The lowest BCUT2D eigenvalue weighted by molar-refractivity contribution is -0.148. The second-order valence-electron chi connectivity index (χ2n) is 7.20. The summed E-state index contributed by atoms with van der Waals surface area (Å²) in [6.45, 7) is 6.87. The number of aryl methyl sites for hydroxylation is 1. The van der Waals surface area contributed by atoms with Gasteiger partial charge in [-0.1, -0.05) is 6.92 Å².